The van der Waals surface area contributed by atoms with Crippen LogP contribution < -0.4 is 10.6 Å². The maximum atomic E-state index is 10.8. The smallest absolute Gasteiger partial charge is 0.315 e. The SMILES string of the molecule is Cn1cccc1[C@H]1CNC(=O)N1. The fourth-order valence-corrected chi connectivity index (χ4v) is 1.47. The van der Waals surface area contributed by atoms with Crippen LogP contribution in [0.4, 0.5) is 4.79 Å². The molecule has 2 rings (SSSR count). The Hall–Kier alpha value is -1.45. The Labute approximate surface area is 70.6 Å². The fourth-order valence-electron chi connectivity index (χ4n) is 1.47. The predicted octanol–water partition coefficient (Wildman–Crippen LogP) is 0.379. The van der Waals surface area contributed by atoms with Gasteiger partial charge in [-0.3, -0.25) is 0 Å². The summed E-state index contributed by atoms with van der Waals surface area (Å²) in [5.41, 5.74) is 1.13. The summed E-state index contributed by atoms with van der Waals surface area (Å²) in [5, 5.41) is 5.55. The van der Waals surface area contributed by atoms with Gasteiger partial charge >= 0.3 is 6.03 Å². The number of nitrogens with one attached hydrogen (secondary N) is 2. The Bertz CT molecular complexity index is 305. The van der Waals surface area contributed by atoms with Gasteiger partial charge in [-0.05, 0) is 12.1 Å². The lowest BCUT2D eigenvalue weighted by atomic mass is 10.2. The van der Waals surface area contributed by atoms with Gasteiger partial charge in [-0.1, -0.05) is 0 Å². The maximum Gasteiger partial charge on any atom is 0.315 e. The molecule has 0 saturated carbocycles. The number of carbonyl (C=O) groups is 1. The molecule has 0 aromatic carbocycles. The third-order valence-electron chi connectivity index (χ3n) is 2.11. The molecule has 0 unspecified atom stereocenters. The monoisotopic (exact) mass is 165 g/mol. The van der Waals surface area contributed by atoms with E-state index in [0.29, 0.717) is 6.54 Å². The van der Waals surface area contributed by atoms with Crippen LogP contribution in [0.5, 0.6) is 0 Å². The van der Waals surface area contributed by atoms with Crippen molar-refractivity contribution in [1.82, 2.24) is 15.2 Å². The van der Waals surface area contributed by atoms with Crippen LogP contribution in [0, 0.1) is 0 Å². The molecule has 0 bridgehead atoms. The molecule has 1 saturated heterocycles. The van der Waals surface area contributed by atoms with Gasteiger partial charge in [0, 0.05) is 25.5 Å². The van der Waals surface area contributed by atoms with E-state index in [1.807, 2.05) is 29.9 Å². The van der Waals surface area contributed by atoms with Crippen molar-refractivity contribution in [3.05, 3.63) is 24.0 Å². The first-order chi connectivity index (χ1) is 5.77. The van der Waals surface area contributed by atoms with E-state index in [2.05, 4.69) is 10.6 Å². The average molecular weight is 165 g/mol. The Morgan fingerprint density at radius 3 is 3.00 bits per heavy atom. The van der Waals surface area contributed by atoms with Crippen LogP contribution in [0.1, 0.15) is 11.7 Å². The summed E-state index contributed by atoms with van der Waals surface area (Å²) in [6, 6.07) is 4.02. The second-order valence-corrected chi connectivity index (χ2v) is 2.95. The number of hydrogen-bond donors (Lipinski definition) is 2. The van der Waals surface area contributed by atoms with E-state index in [1.165, 1.54) is 0 Å². The highest BCUT2D eigenvalue weighted by Gasteiger charge is 2.22. The van der Waals surface area contributed by atoms with E-state index in [-0.39, 0.29) is 12.1 Å². The number of rotatable bonds is 1. The van der Waals surface area contributed by atoms with Gasteiger partial charge in [-0.2, -0.15) is 0 Å². The van der Waals surface area contributed by atoms with Gasteiger partial charge in [0.2, 0.25) is 0 Å². The van der Waals surface area contributed by atoms with Gasteiger partial charge in [0.15, 0.2) is 0 Å². The summed E-state index contributed by atoms with van der Waals surface area (Å²) in [5.74, 6) is 0. The van der Waals surface area contributed by atoms with E-state index in [0.717, 1.165) is 5.69 Å². The molecule has 1 fully saturated rings. The minimum Gasteiger partial charge on any atom is -0.353 e. The van der Waals surface area contributed by atoms with Gasteiger partial charge in [0.25, 0.3) is 0 Å². The standard InChI is InChI=1S/C8H11N3O/c1-11-4-2-3-7(11)6-5-9-8(12)10-6/h2-4,6H,5H2,1H3,(H2,9,10,12)/t6-/m1/s1. The van der Waals surface area contributed by atoms with Crippen molar-refractivity contribution in [1.29, 1.82) is 0 Å². The molecule has 0 radical (unpaired) electrons. The Morgan fingerprint density at radius 1 is 1.67 bits per heavy atom. The van der Waals surface area contributed by atoms with Crippen LogP contribution in [-0.4, -0.2) is 17.1 Å². The molecule has 1 aromatic rings. The van der Waals surface area contributed by atoms with Crippen molar-refractivity contribution in [3.63, 3.8) is 0 Å². The molecule has 12 heavy (non-hydrogen) atoms. The molecule has 2 amide bonds. The van der Waals surface area contributed by atoms with Crippen molar-refractivity contribution in [2.75, 3.05) is 6.54 Å². The van der Waals surface area contributed by atoms with Crippen LogP contribution in [0.2, 0.25) is 0 Å². The van der Waals surface area contributed by atoms with Gasteiger partial charge in [-0.15, -0.1) is 0 Å². The maximum absolute atomic E-state index is 10.8. The molecule has 0 aliphatic carbocycles. The zero-order valence-corrected chi connectivity index (χ0v) is 6.87. The van der Waals surface area contributed by atoms with E-state index >= 15 is 0 Å². The average Bonchev–Trinajstić information content (AvgIpc) is 2.58. The summed E-state index contributed by atoms with van der Waals surface area (Å²) in [6.45, 7) is 0.677. The van der Waals surface area contributed by atoms with Gasteiger partial charge < -0.3 is 15.2 Å². The number of nitrogens with zero attached hydrogens (tertiary/aromatic N) is 1. The number of urea groups is 1. The number of aromatic nitrogens is 1. The molecular weight excluding hydrogens is 154 g/mol. The van der Waals surface area contributed by atoms with Crippen molar-refractivity contribution < 1.29 is 4.79 Å². The van der Waals surface area contributed by atoms with Crippen molar-refractivity contribution in [2.45, 2.75) is 6.04 Å². The quantitative estimate of drug-likeness (QED) is 0.621. The third-order valence-corrected chi connectivity index (χ3v) is 2.11. The summed E-state index contributed by atoms with van der Waals surface area (Å²) >= 11 is 0. The van der Waals surface area contributed by atoms with Crippen LogP contribution in [0.3, 0.4) is 0 Å². The molecular formula is C8H11N3O. The molecule has 2 heterocycles. The van der Waals surface area contributed by atoms with Crippen LogP contribution >= 0.6 is 0 Å². The van der Waals surface area contributed by atoms with E-state index < -0.39 is 0 Å². The Morgan fingerprint density at radius 2 is 2.50 bits per heavy atom. The molecule has 1 aliphatic heterocycles. The van der Waals surface area contributed by atoms with Gasteiger partial charge in [0.1, 0.15) is 0 Å². The highest BCUT2D eigenvalue weighted by molar-refractivity contribution is 5.76. The molecule has 2 N–H and O–H groups in total. The molecule has 1 atom stereocenters. The molecule has 0 spiro atoms. The molecule has 1 aliphatic rings. The van der Waals surface area contributed by atoms with Crippen molar-refractivity contribution >= 4 is 6.03 Å². The second kappa shape index (κ2) is 2.55. The van der Waals surface area contributed by atoms with E-state index in [1.54, 1.807) is 0 Å². The van der Waals surface area contributed by atoms with E-state index in [9.17, 15) is 4.79 Å². The zero-order valence-electron chi connectivity index (χ0n) is 6.87. The topological polar surface area (TPSA) is 46.1 Å². The number of hydrogen-bond acceptors (Lipinski definition) is 1. The Balaban J connectivity index is 2.21. The third kappa shape index (κ3) is 1.05. The lowest BCUT2D eigenvalue weighted by Gasteiger charge is -2.09. The highest BCUT2D eigenvalue weighted by Crippen LogP contribution is 2.14. The lowest BCUT2D eigenvalue weighted by Crippen LogP contribution is -2.22. The van der Waals surface area contributed by atoms with Gasteiger partial charge in [0.05, 0.1) is 6.04 Å². The first-order valence-electron chi connectivity index (χ1n) is 3.93. The zero-order chi connectivity index (χ0) is 8.55. The molecule has 64 valence electrons. The molecule has 1 aromatic heterocycles. The first-order valence-corrected chi connectivity index (χ1v) is 3.93. The largest absolute Gasteiger partial charge is 0.353 e. The minimum atomic E-state index is -0.0822. The summed E-state index contributed by atoms with van der Waals surface area (Å²) < 4.78 is 2.01. The predicted molar refractivity (Wildman–Crippen MR) is 44.7 cm³/mol. The minimum absolute atomic E-state index is 0.0822. The number of amides is 2. The highest BCUT2D eigenvalue weighted by atomic mass is 16.2. The first kappa shape index (κ1) is 7.21. The second-order valence-electron chi connectivity index (χ2n) is 2.95. The summed E-state index contributed by atoms with van der Waals surface area (Å²) in [6.07, 6.45) is 1.97. The van der Waals surface area contributed by atoms with E-state index in [4.69, 9.17) is 0 Å². The number of aryl methyl sites for hydroxylation is 1. The van der Waals surface area contributed by atoms with Crippen molar-refractivity contribution in [3.8, 4) is 0 Å². The molecule has 4 nitrogen and oxygen atoms in total. The van der Waals surface area contributed by atoms with Crippen LogP contribution in [0.25, 0.3) is 0 Å². The van der Waals surface area contributed by atoms with Crippen LogP contribution in [0.15, 0.2) is 18.3 Å². The fraction of sp³-hybridized carbons (Fsp3) is 0.375. The van der Waals surface area contributed by atoms with Gasteiger partial charge in [-0.25, -0.2) is 4.79 Å². The summed E-state index contributed by atoms with van der Waals surface area (Å²) in [4.78, 5) is 10.8. The molecule has 4 heteroatoms. The lowest BCUT2D eigenvalue weighted by molar-refractivity contribution is 0.247. The number of carbonyl (C=O) groups excluding carboxylic acids is 1. The normalized spacial score (nSPS) is 22.1. The Kier molecular flexibility index (Phi) is 1.53. The summed E-state index contributed by atoms with van der Waals surface area (Å²) in [7, 11) is 1.97. The van der Waals surface area contributed by atoms with Crippen molar-refractivity contribution in [2.24, 2.45) is 7.05 Å². The van der Waals surface area contributed by atoms with Crippen LogP contribution in [-0.2, 0) is 7.05 Å².